The molecule has 0 saturated heterocycles. The first kappa shape index (κ1) is 17.4. The van der Waals surface area contributed by atoms with Crippen molar-refractivity contribution in [1.82, 2.24) is 14.7 Å². The van der Waals surface area contributed by atoms with Crippen LogP contribution in [0, 0.1) is 6.92 Å². The van der Waals surface area contributed by atoms with Crippen LogP contribution in [-0.4, -0.2) is 44.8 Å². The molecule has 1 aromatic heterocycles. The Hall–Kier alpha value is -2.96. The Balaban J connectivity index is 2.47. The molecule has 0 fully saturated rings. The molecule has 0 atom stereocenters. The molecular weight excluding hydrogens is 310 g/mol. The Morgan fingerprint density at radius 3 is 2.50 bits per heavy atom. The first-order chi connectivity index (χ1) is 11.4. The number of amides is 1. The number of aromatic nitrogens is 2. The Bertz CT molecular complexity index is 799. The number of rotatable bonds is 6. The van der Waals surface area contributed by atoms with Crippen LogP contribution in [0.2, 0.25) is 0 Å². The van der Waals surface area contributed by atoms with Crippen molar-refractivity contribution in [2.45, 2.75) is 20.3 Å². The maximum atomic E-state index is 12.6. The molecule has 126 valence electrons. The third-order valence-corrected chi connectivity index (χ3v) is 3.42. The molecule has 0 radical (unpaired) electrons. The first-order valence-electron chi connectivity index (χ1n) is 7.61. The zero-order valence-corrected chi connectivity index (χ0v) is 13.6. The fraction of sp³-hybridized carbons (Fsp3) is 0.294. The molecule has 2 aromatic rings. The number of nitrogens with zero attached hydrogens (tertiary/aromatic N) is 3. The Morgan fingerprint density at radius 2 is 1.92 bits per heavy atom. The second-order valence-electron chi connectivity index (χ2n) is 5.37. The van der Waals surface area contributed by atoms with E-state index >= 15 is 0 Å². The number of carboxylic acid groups (broad SMARTS) is 1. The summed E-state index contributed by atoms with van der Waals surface area (Å²) in [7, 11) is 0. The van der Waals surface area contributed by atoms with Gasteiger partial charge in [-0.05, 0) is 25.5 Å². The highest BCUT2D eigenvalue weighted by Crippen LogP contribution is 2.09. The highest BCUT2D eigenvalue weighted by molar-refractivity contribution is 5.94. The monoisotopic (exact) mass is 329 g/mol. The first-order valence-corrected chi connectivity index (χ1v) is 7.61. The van der Waals surface area contributed by atoms with Crippen LogP contribution in [-0.2, 0) is 4.79 Å². The smallest absolute Gasteiger partial charge is 0.323 e. The summed E-state index contributed by atoms with van der Waals surface area (Å²) in [5, 5.41) is 13.1. The number of carbonyl (C=O) groups excluding carboxylic acids is 1. The van der Waals surface area contributed by atoms with Gasteiger partial charge in [0.2, 0.25) is 5.43 Å². The summed E-state index contributed by atoms with van der Waals surface area (Å²) in [5.74, 6) is -1.80. The van der Waals surface area contributed by atoms with Crippen LogP contribution in [0.4, 0.5) is 0 Å². The molecule has 1 heterocycles. The van der Waals surface area contributed by atoms with Crippen molar-refractivity contribution in [1.29, 1.82) is 0 Å². The second-order valence-corrected chi connectivity index (χ2v) is 5.37. The van der Waals surface area contributed by atoms with Crippen LogP contribution < -0.4 is 5.43 Å². The average molecular weight is 329 g/mol. The van der Waals surface area contributed by atoms with E-state index in [0.717, 1.165) is 4.90 Å². The van der Waals surface area contributed by atoms with Gasteiger partial charge in [-0.3, -0.25) is 14.4 Å². The van der Waals surface area contributed by atoms with Crippen molar-refractivity contribution in [2.24, 2.45) is 0 Å². The predicted octanol–water partition coefficient (Wildman–Crippen LogP) is 1.48. The van der Waals surface area contributed by atoms with Gasteiger partial charge in [0.1, 0.15) is 6.54 Å². The summed E-state index contributed by atoms with van der Waals surface area (Å²) in [4.78, 5) is 36.8. The van der Waals surface area contributed by atoms with E-state index in [4.69, 9.17) is 5.11 Å². The predicted molar refractivity (Wildman–Crippen MR) is 88.4 cm³/mol. The molecule has 7 nitrogen and oxygen atoms in total. The molecule has 1 N–H and O–H groups in total. The third-order valence-electron chi connectivity index (χ3n) is 3.42. The zero-order valence-electron chi connectivity index (χ0n) is 13.6. The largest absolute Gasteiger partial charge is 0.480 e. The van der Waals surface area contributed by atoms with E-state index in [2.05, 4.69) is 5.10 Å². The molecule has 7 heteroatoms. The lowest BCUT2D eigenvalue weighted by Gasteiger charge is -2.20. The van der Waals surface area contributed by atoms with Crippen LogP contribution in [0.25, 0.3) is 5.69 Å². The number of carboxylic acids is 1. The van der Waals surface area contributed by atoms with E-state index in [1.54, 1.807) is 19.1 Å². The molecular formula is C17H19N3O4. The summed E-state index contributed by atoms with van der Waals surface area (Å²) in [6, 6.07) is 10.4. The van der Waals surface area contributed by atoms with Crippen molar-refractivity contribution in [3.8, 4) is 5.69 Å². The number of aryl methyl sites for hydroxylation is 1. The van der Waals surface area contributed by atoms with Gasteiger partial charge < -0.3 is 10.0 Å². The van der Waals surface area contributed by atoms with Gasteiger partial charge in [0.15, 0.2) is 5.69 Å². The lowest BCUT2D eigenvalue weighted by molar-refractivity contribution is -0.137. The van der Waals surface area contributed by atoms with Gasteiger partial charge in [-0.2, -0.15) is 5.10 Å². The van der Waals surface area contributed by atoms with Gasteiger partial charge in [-0.25, -0.2) is 4.68 Å². The fourth-order valence-corrected chi connectivity index (χ4v) is 2.36. The third kappa shape index (κ3) is 3.87. The molecule has 1 amide bonds. The molecule has 2 rings (SSSR count). The summed E-state index contributed by atoms with van der Waals surface area (Å²) < 4.78 is 1.50. The minimum absolute atomic E-state index is 0.242. The highest BCUT2D eigenvalue weighted by Gasteiger charge is 2.23. The van der Waals surface area contributed by atoms with Gasteiger partial charge in [0, 0.05) is 18.3 Å². The van der Waals surface area contributed by atoms with Crippen LogP contribution >= 0.6 is 0 Å². The Labute approximate surface area is 139 Å². The number of hydrogen-bond acceptors (Lipinski definition) is 4. The average Bonchev–Trinajstić information content (AvgIpc) is 2.54. The molecule has 24 heavy (non-hydrogen) atoms. The van der Waals surface area contributed by atoms with E-state index in [9.17, 15) is 14.4 Å². The number of aliphatic carboxylic acids is 1. The van der Waals surface area contributed by atoms with Gasteiger partial charge >= 0.3 is 5.97 Å². The van der Waals surface area contributed by atoms with E-state index in [-0.39, 0.29) is 12.2 Å². The molecule has 1 aromatic carbocycles. The van der Waals surface area contributed by atoms with Gasteiger partial charge in [0.25, 0.3) is 5.91 Å². The molecule has 0 unspecified atom stereocenters. The molecule has 0 spiro atoms. The van der Waals surface area contributed by atoms with Crippen molar-refractivity contribution >= 4 is 11.9 Å². The number of benzene rings is 1. The summed E-state index contributed by atoms with van der Waals surface area (Å²) in [6.45, 7) is 3.32. The zero-order chi connectivity index (χ0) is 17.7. The molecule has 0 aliphatic carbocycles. The molecule has 0 aliphatic rings. The standard InChI is InChI=1S/C17H19N3O4/c1-3-9-19(11-15(22)23)17(24)16-14(21)10-12(2)20(18-16)13-7-5-4-6-8-13/h4-8,10H,3,9,11H2,1-2H3,(H,22,23). The van der Waals surface area contributed by atoms with Crippen LogP contribution in [0.5, 0.6) is 0 Å². The normalized spacial score (nSPS) is 10.4. The molecule has 0 saturated carbocycles. The van der Waals surface area contributed by atoms with Crippen LogP contribution in [0.15, 0.2) is 41.2 Å². The SMILES string of the molecule is CCCN(CC(=O)O)C(=O)c1nn(-c2ccccc2)c(C)cc1=O. The van der Waals surface area contributed by atoms with Gasteiger partial charge in [-0.15, -0.1) is 0 Å². The lowest BCUT2D eigenvalue weighted by Crippen LogP contribution is -2.39. The number of carbonyl (C=O) groups is 2. The molecule has 0 aliphatic heterocycles. The van der Waals surface area contributed by atoms with Gasteiger partial charge in [0.05, 0.1) is 5.69 Å². The van der Waals surface area contributed by atoms with E-state index < -0.39 is 23.9 Å². The van der Waals surface area contributed by atoms with Crippen molar-refractivity contribution in [3.05, 3.63) is 58.0 Å². The quantitative estimate of drug-likeness (QED) is 0.866. The van der Waals surface area contributed by atoms with Crippen molar-refractivity contribution < 1.29 is 14.7 Å². The topological polar surface area (TPSA) is 92.5 Å². The maximum absolute atomic E-state index is 12.6. The maximum Gasteiger partial charge on any atom is 0.323 e. The van der Waals surface area contributed by atoms with Crippen LogP contribution in [0.1, 0.15) is 29.5 Å². The van der Waals surface area contributed by atoms with E-state index in [0.29, 0.717) is 17.8 Å². The number of para-hydroxylation sites is 1. The number of hydrogen-bond donors (Lipinski definition) is 1. The van der Waals surface area contributed by atoms with Crippen molar-refractivity contribution in [3.63, 3.8) is 0 Å². The molecule has 0 bridgehead atoms. The summed E-state index contributed by atoms with van der Waals surface area (Å²) in [6.07, 6.45) is 0.581. The minimum Gasteiger partial charge on any atom is -0.480 e. The summed E-state index contributed by atoms with van der Waals surface area (Å²) in [5.41, 5.74) is 0.502. The fourth-order valence-electron chi connectivity index (χ4n) is 2.36. The van der Waals surface area contributed by atoms with Gasteiger partial charge in [-0.1, -0.05) is 25.1 Å². The second kappa shape index (κ2) is 7.54. The summed E-state index contributed by atoms with van der Waals surface area (Å²) >= 11 is 0. The highest BCUT2D eigenvalue weighted by atomic mass is 16.4. The van der Waals surface area contributed by atoms with E-state index in [1.807, 2.05) is 25.1 Å². The Kier molecular flexibility index (Phi) is 5.47. The van der Waals surface area contributed by atoms with Crippen molar-refractivity contribution in [2.75, 3.05) is 13.1 Å². The Morgan fingerprint density at radius 1 is 1.25 bits per heavy atom. The van der Waals surface area contributed by atoms with Crippen LogP contribution in [0.3, 0.4) is 0 Å². The lowest BCUT2D eigenvalue weighted by atomic mass is 10.2. The minimum atomic E-state index is -1.13. The van der Waals surface area contributed by atoms with E-state index in [1.165, 1.54) is 10.7 Å².